The molecule has 0 aliphatic heterocycles. The predicted octanol–water partition coefficient (Wildman–Crippen LogP) is 2.98. The minimum atomic E-state index is -0.471. The highest BCUT2D eigenvalue weighted by molar-refractivity contribution is 6.05. The van der Waals surface area contributed by atoms with Crippen molar-refractivity contribution in [3.63, 3.8) is 0 Å². The van der Waals surface area contributed by atoms with Crippen LogP contribution in [-0.4, -0.2) is 22.2 Å². The Morgan fingerprint density at radius 1 is 1.28 bits per heavy atom. The quantitative estimate of drug-likeness (QED) is 0.723. The second-order valence-corrected chi connectivity index (χ2v) is 6.79. The van der Waals surface area contributed by atoms with Crippen molar-refractivity contribution >= 4 is 21.7 Å². The minimum absolute atomic E-state index is 0.107. The third kappa shape index (κ3) is 3.35. The van der Waals surface area contributed by atoms with E-state index in [1.165, 1.54) is 16.8 Å². The van der Waals surface area contributed by atoms with Crippen molar-refractivity contribution in [3.05, 3.63) is 46.8 Å². The third-order valence-corrected chi connectivity index (χ3v) is 4.28. The Kier molecular flexibility index (Phi) is 4.72. The fraction of sp³-hybridized carbons (Fsp3) is 0.368. The van der Waals surface area contributed by atoms with Crippen molar-refractivity contribution < 1.29 is 9.13 Å². The van der Waals surface area contributed by atoms with E-state index in [1.807, 2.05) is 0 Å². The fourth-order valence-electron chi connectivity index (χ4n) is 3.11. The van der Waals surface area contributed by atoms with E-state index in [2.05, 4.69) is 18.8 Å². The Hall–Kier alpha value is -2.47. The van der Waals surface area contributed by atoms with E-state index in [-0.39, 0.29) is 24.0 Å². The van der Waals surface area contributed by atoms with Crippen molar-refractivity contribution in [1.29, 1.82) is 0 Å². The van der Waals surface area contributed by atoms with Gasteiger partial charge in [-0.2, -0.15) is 0 Å². The molecule has 3 rings (SSSR count). The summed E-state index contributed by atoms with van der Waals surface area (Å²) in [7, 11) is 1.66. The number of aromatic nitrogens is 2. The van der Waals surface area contributed by atoms with E-state index in [1.54, 1.807) is 25.4 Å². The molecule has 6 heteroatoms. The highest BCUT2D eigenvalue weighted by Crippen LogP contribution is 2.28. The monoisotopic (exact) mass is 343 g/mol. The molecule has 0 radical (unpaired) electrons. The van der Waals surface area contributed by atoms with Crippen LogP contribution >= 0.6 is 0 Å². The van der Waals surface area contributed by atoms with Crippen molar-refractivity contribution in [2.45, 2.75) is 26.3 Å². The van der Waals surface area contributed by atoms with Crippen LogP contribution in [0.25, 0.3) is 21.7 Å². The maximum atomic E-state index is 14.5. The molecular formula is C19H22FN3O2. The number of nitrogens with two attached hydrogens (primary N) is 1. The van der Waals surface area contributed by atoms with Gasteiger partial charge in [0.15, 0.2) is 11.6 Å². The highest BCUT2D eigenvalue weighted by atomic mass is 19.1. The van der Waals surface area contributed by atoms with Gasteiger partial charge < -0.3 is 15.0 Å². The summed E-state index contributed by atoms with van der Waals surface area (Å²) < 4.78 is 21.6. The number of pyridine rings is 2. The van der Waals surface area contributed by atoms with Crippen LogP contribution in [-0.2, 0) is 7.05 Å². The van der Waals surface area contributed by atoms with Crippen molar-refractivity contribution in [1.82, 2.24) is 9.55 Å². The van der Waals surface area contributed by atoms with Crippen LogP contribution in [0.4, 0.5) is 4.39 Å². The largest absolute Gasteiger partial charge is 0.489 e. The fourth-order valence-corrected chi connectivity index (χ4v) is 3.11. The van der Waals surface area contributed by atoms with Gasteiger partial charge in [0.2, 0.25) is 0 Å². The summed E-state index contributed by atoms with van der Waals surface area (Å²) in [5.41, 5.74) is 6.44. The molecule has 132 valence electrons. The van der Waals surface area contributed by atoms with E-state index in [9.17, 15) is 9.18 Å². The van der Waals surface area contributed by atoms with Gasteiger partial charge in [-0.3, -0.25) is 9.78 Å². The number of fused-ring (bicyclic) bond motifs is 3. The maximum Gasteiger partial charge on any atom is 0.260 e. The van der Waals surface area contributed by atoms with Gasteiger partial charge in [0.05, 0.1) is 10.9 Å². The Morgan fingerprint density at radius 3 is 2.76 bits per heavy atom. The first-order chi connectivity index (χ1) is 11.9. The van der Waals surface area contributed by atoms with E-state index >= 15 is 0 Å². The molecule has 1 unspecified atom stereocenters. The second-order valence-electron chi connectivity index (χ2n) is 6.79. The first kappa shape index (κ1) is 17.4. The standard InChI is InChI=1S/C19H22FN3O2/c1-11(2)6-12(21)10-25-18-8-17-14(7-16(18)20)13-4-5-22-9-15(13)19(24)23(17)3/h4-5,7-9,11-12H,6,10,21H2,1-3H3. The molecule has 1 atom stereocenters. The summed E-state index contributed by atoms with van der Waals surface area (Å²) >= 11 is 0. The smallest absolute Gasteiger partial charge is 0.260 e. The molecule has 0 saturated heterocycles. The molecule has 0 fully saturated rings. The number of benzene rings is 1. The van der Waals surface area contributed by atoms with E-state index in [0.29, 0.717) is 27.6 Å². The molecule has 1 aromatic carbocycles. The SMILES string of the molecule is CC(C)CC(N)COc1cc2c(cc1F)c1ccncc1c(=O)n2C. The molecule has 2 heterocycles. The summed E-state index contributed by atoms with van der Waals surface area (Å²) in [6, 6.07) is 4.52. The lowest BCUT2D eigenvalue weighted by Crippen LogP contribution is -2.29. The summed E-state index contributed by atoms with van der Waals surface area (Å²) in [5, 5.41) is 1.79. The van der Waals surface area contributed by atoms with Gasteiger partial charge in [0.25, 0.3) is 5.56 Å². The van der Waals surface area contributed by atoms with Crippen LogP contribution in [0.1, 0.15) is 20.3 Å². The molecule has 0 amide bonds. The van der Waals surface area contributed by atoms with E-state index in [4.69, 9.17) is 10.5 Å². The zero-order valence-corrected chi connectivity index (χ0v) is 14.6. The Balaban J connectivity index is 2.06. The van der Waals surface area contributed by atoms with Gasteiger partial charge in [0, 0.05) is 36.9 Å². The third-order valence-electron chi connectivity index (χ3n) is 4.28. The molecule has 5 nitrogen and oxygen atoms in total. The Labute approximate surface area is 145 Å². The topological polar surface area (TPSA) is 70.1 Å². The zero-order valence-electron chi connectivity index (χ0n) is 14.6. The van der Waals surface area contributed by atoms with Gasteiger partial charge in [-0.15, -0.1) is 0 Å². The zero-order chi connectivity index (χ0) is 18.1. The second kappa shape index (κ2) is 6.80. The summed E-state index contributed by atoms with van der Waals surface area (Å²) in [4.78, 5) is 16.5. The van der Waals surface area contributed by atoms with Crippen molar-refractivity contribution in [3.8, 4) is 5.75 Å². The number of hydrogen-bond donors (Lipinski definition) is 1. The van der Waals surface area contributed by atoms with Crippen LogP contribution in [0.5, 0.6) is 5.75 Å². The van der Waals surface area contributed by atoms with E-state index < -0.39 is 5.82 Å². The Bertz CT molecular complexity index is 982. The first-order valence-corrected chi connectivity index (χ1v) is 8.32. The summed E-state index contributed by atoms with van der Waals surface area (Å²) in [6.45, 7) is 4.38. The van der Waals surface area contributed by atoms with Crippen LogP contribution in [0.2, 0.25) is 0 Å². The van der Waals surface area contributed by atoms with Crippen LogP contribution in [0.3, 0.4) is 0 Å². The minimum Gasteiger partial charge on any atom is -0.489 e. The van der Waals surface area contributed by atoms with Gasteiger partial charge in [-0.05, 0) is 29.9 Å². The number of rotatable bonds is 5. The van der Waals surface area contributed by atoms with Gasteiger partial charge in [-0.1, -0.05) is 13.8 Å². The highest BCUT2D eigenvalue weighted by Gasteiger charge is 2.14. The van der Waals surface area contributed by atoms with Gasteiger partial charge in [0.1, 0.15) is 6.61 Å². The van der Waals surface area contributed by atoms with Crippen LogP contribution in [0.15, 0.2) is 35.4 Å². The number of ether oxygens (including phenoxy) is 1. The maximum absolute atomic E-state index is 14.5. The molecular weight excluding hydrogens is 321 g/mol. The molecule has 0 saturated carbocycles. The molecule has 2 aromatic heterocycles. The number of hydrogen-bond acceptors (Lipinski definition) is 4. The molecule has 0 aliphatic rings. The summed E-state index contributed by atoms with van der Waals surface area (Å²) in [5.74, 6) is 0.0805. The van der Waals surface area contributed by atoms with Gasteiger partial charge in [-0.25, -0.2) is 4.39 Å². The molecule has 0 aliphatic carbocycles. The normalized spacial score (nSPS) is 12.9. The number of halogens is 1. The molecule has 2 N–H and O–H groups in total. The molecule has 3 aromatic rings. The number of aryl methyl sites for hydroxylation is 1. The summed E-state index contributed by atoms with van der Waals surface area (Å²) in [6.07, 6.45) is 3.89. The lowest BCUT2D eigenvalue weighted by molar-refractivity contribution is 0.260. The van der Waals surface area contributed by atoms with Gasteiger partial charge >= 0.3 is 0 Å². The predicted molar refractivity (Wildman–Crippen MR) is 97.4 cm³/mol. The lowest BCUT2D eigenvalue weighted by Gasteiger charge is -2.16. The van der Waals surface area contributed by atoms with Crippen LogP contribution < -0.4 is 16.0 Å². The van der Waals surface area contributed by atoms with Crippen molar-refractivity contribution in [2.75, 3.05) is 6.61 Å². The lowest BCUT2D eigenvalue weighted by atomic mass is 10.1. The molecule has 0 spiro atoms. The van der Waals surface area contributed by atoms with Crippen molar-refractivity contribution in [2.24, 2.45) is 18.7 Å². The average Bonchev–Trinajstić information content (AvgIpc) is 2.57. The van der Waals surface area contributed by atoms with Crippen LogP contribution in [0, 0.1) is 11.7 Å². The first-order valence-electron chi connectivity index (χ1n) is 8.32. The molecule has 0 bridgehead atoms. The Morgan fingerprint density at radius 2 is 2.04 bits per heavy atom. The average molecular weight is 343 g/mol. The number of nitrogens with zero attached hydrogens (tertiary/aromatic N) is 2. The molecule has 25 heavy (non-hydrogen) atoms. The van der Waals surface area contributed by atoms with E-state index in [0.717, 1.165) is 6.42 Å².